The Morgan fingerprint density at radius 1 is 1.28 bits per heavy atom. The number of hydrogen-bond acceptors (Lipinski definition) is 2. The minimum atomic E-state index is 0. The lowest BCUT2D eigenvalue weighted by atomic mass is 9.97. The Morgan fingerprint density at radius 3 is 2.50 bits per heavy atom. The van der Waals surface area contributed by atoms with Gasteiger partial charge in [-0.2, -0.15) is 0 Å². The van der Waals surface area contributed by atoms with Gasteiger partial charge in [0.15, 0.2) is 0 Å². The number of benzene rings is 1. The molecule has 1 aromatic rings. The van der Waals surface area contributed by atoms with E-state index in [1.807, 2.05) is 0 Å². The average Bonchev–Trinajstić information content (AvgIpc) is 2.39. The molecule has 1 aromatic carbocycles. The Bertz CT molecular complexity index is 372. The van der Waals surface area contributed by atoms with Crippen LogP contribution in [-0.4, -0.2) is 19.0 Å². The molecule has 0 bridgehead atoms. The molecule has 1 aliphatic heterocycles. The standard InChI is InChI=1S/C14H20N2O.ClH/c1-11-2-4-12(5-3-11)10-16-14(17)13-6-8-15-9-7-13;/h2-5,13,15H,6-10H2,1H3,(H,16,17);1H. The van der Waals surface area contributed by atoms with Gasteiger partial charge in [-0.25, -0.2) is 0 Å². The predicted octanol–water partition coefficient (Wildman–Crippen LogP) is 2.03. The molecule has 0 unspecified atom stereocenters. The highest BCUT2D eigenvalue weighted by atomic mass is 35.5. The summed E-state index contributed by atoms with van der Waals surface area (Å²) < 4.78 is 0. The normalized spacial score (nSPS) is 15.8. The van der Waals surface area contributed by atoms with Crippen LogP contribution in [0.1, 0.15) is 24.0 Å². The zero-order valence-corrected chi connectivity index (χ0v) is 11.6. The van der Waals surface area contributed by atoms with E-state index in [0.717, 1.165) is 31.5 Å². The van der Waals surface area contributed by atoms with E-state index in [9.17, 15) is 4.79 Å². The first-order valence-corrected chi connectivity index (χ1v) is 6.29. The lowest BCUT2D eigenvalue weighted by Crippen LogP contribution is -2.37. The maximum absolute atomic E-state index is 11.9. The minimum Gasteiger partial charge on any atom is -0.352 e. The van der Waals surface area contributed by atoms with E-state index < -0.39 is 0 Å². The average molecular weight is 269 g/mol. The van der Waals surface area contributed by atoms with Crippen molar-refractivity contribution < 1.29 is 4.79 Å². The van der Waals surface area contributed by atoms with E-state index in [4.69, 9.17) is 0 Å². The van der Waals surface area contributed by atoms with Crippen molar-refractivity contribution in [1.82, 2.24) is 10.6 Å². The van der Waals surface area contributed by atoms with Crippen LogP contribution in [0.25, 0.3) is 0 Å². The highest BCUT2D eigenvalue weighted by molar-refractivity contribution is 5.85. The van der Waals surface area contributed by atoms with Crippen LogP contribution >= 0.6 is 12.4 Å². The second kappa shape index (κ2) is 7.39. The third-order valence-corrected chi connectivity index (χ3v) is 3.30. The van der Waals surface area contributed by atoms with Crippen molar-refractivity contribution in [3.63, 3.8) is 0 Å². The van der Waals surface area contributed by atoms with E-state index in [-0.39, 0.29) is 24.2 Å². The Morgan fingerprint density at radius 2 is 1.89 bits per heavy atom. The second-order valence-corrected chi connectivity index (χ2v) is 4.73. The van der Waals surface area contributed by atoms with Gasteiger partial charge in [0.05, 0.1) is 0 Å². The van der Waals surface area contributed by atoms with Gasteiger partial charge >= 0.3 is 0 Å². The van der Waals surface area contributed by atoms with E-state index in [0.29, 0.717) is 6.54 Å². The summed E-state index contributed by atoms with van der Waals surface area (Å²) in [6, 6.07) is 8.29. The molecule has 18 heavy (non-hydrogen) atoms. The maximum Gasteiger partial charge on any atom is 0.223 e. The zero-order valence-electron chi connectivity index (χ0n) is 10.7. The third kappa shape index (κ3) is 4.31. The van der Waals surface area contributed by atoms with Crippen LogP contribution in [0, 0.1) is 12.8 Å². The minimum absolute atomic E-state index is 0. The highest BCUT2D eigenvalue weighted by Crippen LogP contribution is 2.11. The smallest absolute Gasteiger partial charge is 0.223 e. The van der Waals surface area contributed by atoms with Crippen LogP contribution in [0.5, 0.6) is 0 Å². The summed E-state index contributed by atoms with van der Waals surface area (Å²) >= 11 is 0. The SMILES string of the molecule is Cc1ccc(CNC(=O)C2CCNCC2)cc1.Cl. The fourth-order valence-electron chi connectivity index (χ4n) is 2.12. The monoisotopic (exact) mass is 268 g/mol. The Kier molecular flexibility index (Phi) is 6.16. The summed E-state index contributed by atoms with van der Waals surface area (Å²) in [6.07, 6.45) is 1.92. The van der Waals surface area contributed by atoms with Crippen molar-refractivity contribution in [2.75, 3.05) is 13.1 Å². The van der Waals surface area contributed by atoms with Crippen molar-refractivity contribution in [3.05, 3.63) is 35.4 Å². The predicted molar refractivity (Wildman–Crippen MR) is 75.9 cm³/mol. The molecule has 1 fully saturated rings. The maximum atomic E-state index is 11.9. The van der Waals surface area contributed by atoms with Gasteiger partial charge in [0.2, 0.25) is 5.91 Å². The summed E-state index contributed by atoms with van der Waals surface area (Å²) in [6.45, 7) is 4.63. The van der Waals surface area contributed by atoms with Crippen LogP contribution in [0.15, 0.2) is 24.3 Å². The molecule has 0 aromatic heterocycles. The molecule has 1 aliphatic rings. The first-order chi connectivity index (χ1) is 8.25. The van der Waals surface area contributed by atoms with Crippen LogP contribution in [0.4, 0.5) is 0 Å². The van der Waals surface area contributed by atoms with E-state index >= 15 is 0 Å². The molecule has 0 spiro atoms. The number of amides is 1. The lowest BCUT2D eigenvalue weighted by Gasteiger charge is -2.21. The van der Waals surface area contributed by atoms with Crippen molar-refractivity contribution in [2.45, 2.75) is 26.3 Å². The zero-order chi connectivity index (χ0) is 12.1. The summed E-state index contributed by atoms with van der Waals surface area (Å²) in [5.74, 6) is 0.397. The van der Waals surface area contributed by atoms with E-state index in [2.05, 4.69) is 41.8 Å². The number of aryl methyl sites for hydroxylation is 1. The van der Waals surface area contributed by atoms with Crippen LogP contribution in [0.3, 0.4) is 0 Å². The molecule has 0 atom stereocenters. The quantitative estimate of drug-likeness (QED) is 0.881. The van der Waals surface area contributed by atoms with Gasteiger partial charge in [0, 0.05) is 12.5 Å². The fraction of sp³-hybridized carbons (Fsp3) is 0.500. The van der Waals surface area contributed by atoms with Gasteiger partial charge in [0.25, 0.3) is 0 Å². The third-order valence-electron chi connectivity index (χ3n) is 3.30. The van der Waals surface area contributed by atoms with Crippen molar-refractivity contribution in [1.29, 1.82) is 0 Å². The fourth-order valence-corrected chi connectivity index (χ4v) is 2.12. The number of piperidine rings is 1. The Balaban J connectivity index is 0.00000162. The highest BCUT2D eigenvalue weighted by Gasteiger charge is 2.20. The van der Waals surface area contributed by atoms with Crippen LogP contribution in [-0.2, 0) is 11.3 Å². The van der Waals surface area contributed by atoms with Gasteiger partial charge in [0.1, 0.15) is 0 Å². The molecule has 1 heterocycles. The molecule has 2 rings (SSSR count). The molecule has 0 radical (unpaired) electrons. The second-order valence-electron chi connectivity index (χ2n) is 4.73. The molecule has 3 nitrogen and oxygen atoms in total. The molecule has 100 valence electrons. The molecule has 4 heteroatoms. The Labute approximate surface area is 115 Å². The van der Waals surface area contributed by atoms with Crippen LogP contribution < -0.4 is 10.6 Å². The van der Waals surface area contributed by atoms with Gasteiger partial charge in [-0.3, -0.25) is 4.79 Å². The first kappa shape index (κ1) is 15.0. The molecule has 1 amide bonds. The van der Waals surface area contributed by atoms with Gasteiger partial charge in [-0.05, 0) is 38.4 Å². The van der Waals surface area contributed by atoms with E-state index in [1.165, 1.54) is 5.56 Å². The summed E-state index contributed by atoms with van der Waals surface area (Å²) in [5.41, 5.74) is 2.41. The van der Waals surface area contributed by atoms with Gasteiger partial charge in [-0.15, -0.1) is 12.4 Å². The molecule has 1 saturated heterocycles. The molecular formula is C14H21ClN2O. The van der Waals surface area contributed by atoms with E-state index in [1.54, 1.807) is 0 Å². The largest absolute Gasteiger partial charge is 0.352 e. The number of hydrogen-bond donors (Lipinski definition) is 2. The number of nitrogens with one attached hydrogen (secondary N) is 2. The summed E-state index contributed by atoms with van der Waals surface area (Å²) in [7, 11) is 0. The van der Waals surface area contributed by atoms with Crippen molar-refractivity contribution in [3.8, 4) is 0 Å². The topological polar surface area (TPSA) is 41.1 Å². The summed E-state index contributed by atoms with van der Waals surface area (Å²) in [4.78, 5) is 11.9. The van der Waals surface area contributed by atoms with Gasteiger partial charge < -0.3 is 10.6 Å². The summed E-state index contributed by atoms with van der Waals surface area (Å²) in [5, 5.41) is 6.29. The van der Waals surface area contributed by atoms with Crippen molar-refractivity contribution in [2.24, 2.45) is 5.92 Å². The van der Waals surface area contributed by atoms with Gasteiger partial charge in [-0.1, -0.05) is 29.8 Å². The molecule has 0 saturated carbocycles. The number of carbonyl (C=O) groups excluding carboxylic acids is 1. The van der Waals surface area contributed by atoms with Crippen LogP contribution in [0.2, 0.25) is 0 Å². The molecule has 0 aliphatic carbocycles. The first-order valence-electron chi connectivity index (χ1n) is 6.29. The Hall–Kier alpha value is -1.06. The number of rotatable bonds is 3. The molecule has 2 N–H and O–H groups in total. The number of carbonyl (C=O) groups is 1. The van der Waals surface area contributed by atoms with Crippen molar-refractivity contribution >= 4 is 18.3 Å². The lowest BCUT2D eigenvalue weighted by molar-refractivity contribution is -0.125. The molecular weight excluding hydrogens is 248 g/mol. The number of halogens is 1.